The predicted octanol–water partition coefficient (Wildman–Crippen LogP) is 4.07. The van der Waals surface area contributed by atoms with Gasteiger partial charge in [-0.1, -0.05) is 11.6 Å². The Hall–Kier alpha value is -3.81. The number of amides is 1. The standard InChI is InChI=1S/C25H27NO7/c1-14(6-12-20(27)26-17-9-7-16(8-10-17)24(29)32-4)5-11-18-22(28)21-19(13-33-25(21)30)15(2)23(18)31-3/h5,7-10,28H,6,11-13H2,1-4H3,(H,26,27). The number of hydrogen-bond donors (Lipinski definition) is 2. The number of rotatable bonds is 8. The van der Waals surface area contributed by atoms with Crippen molar-refractivity contribution in [2.24, 2.45) is 0 Å². The van der Waals surface area contributed by atoms with Crippen LogP contribution in [0, 0.1) is 6.92 Å². The zero-order valence-electron chi connectivity index (χ0n) is 19.1. The van der Waals surface area contributed by atoms with E-state index in [1.165, 1.54) is 14.2 Å². The lowest BCUT2D eigenvalue weighted by Gasteiger charge is -2.15. The number of esters is 2. The molecule has 1 aliphatic rings. The number of fused-ring (bicyclic) bond motifs is 1. The molecule has 1 amide bonds. The van der Waals surface area contributed by atoms with E-state index in [0.29, 0.717) is 41.0 Å². The number of carbonyl (C=O) groups is 3. The molecule has 0 atom stereocenters. The molecular formula is C25H27NO7. The van der Waals surface area contributed by atoms with Gasteiger partial charge in [0.1, 0.15) is 23.7 Å². The van der Waals surface area contributed by atoms with Crippen LogP contribution in [-0.2, 0) is 27.3 Å². The van der Waals surface area contributed by atoms with Crippen LogP contribution in [0.1, 0.15) is 57.2 Å². The molecule has 0 saturated heterocycles. The van der Waals surface area contributed by atoms with E-state index in [1.54, 1.807) is 24.3 Å². The third kappa shape index (κ3) is 5.16. The van der Waals surface area contributed by atoms with Gasteiger partial charge in [-0.05, 0) is 56.5 Å². The summed E-state index contributed by atoms with van der Waals surface area (Å²) in [6.45, 7) is 3.86. The molecule has 2 aromatic rings. The van der Waals surface area contributed by atoms with Crippen LogP contribution in [0.4, 0.5) is 5.69 Å². The summed E-state index contributed by atoms with van der Waals surface area (Å²) in [6.07, 6.45) is 3.03. The highest BCUT2D eigenvalue weighted by atomic mass is 16.5. The lowest BCUT2D eigenvalue weighted by molar-refractivity contribution is -0.116. The minimum atomic E-state index is -0.536. The number of phenolic OH excluding ortho intramolecular Hbond substituents is 1. The summed E-state index contributed by atoms with van der Waals surface area (Å²) in [5.74, 6) is -0.725. The monoisotopic (exact) mass is 453 g/mol. The maximum Gasteiger partial charge on any atom is 0.342 e. The van der Waals surface area contributed by atoms with E-state index in [1.807, 2.05) is 19.9 Å². The fourth-order valence-electron chi connectivity index (χ4n) is 3.75. The van der Waals surface area contributed by atoms with Crippen LogP contribution >= 0.6 is 0 Å². The van der Waals surface area contributed by atoms with Crippen LogP contribution in [0.3, 0.4) is 0 Å². The lowest BCUT2D eigenvalue weighted by atomic mass is 9.94. The number of allylic oxidation sites excluding steroid dienone is 2. The van der Waals surface area contributed by atoms with Crippen molar-refractivity contribution >= 4 is 23.5 Å². The number of anilines is 1. The molecule has 8 heteroatoms. The Morgan fingerprint density at radius 2 is 1.88 bits per heavy atom. The Bertz CT molecular complexity index is 1120. The van der Waals surface area contributed by atoms with Gasteiger partial charge in [-0.15, -0.1) is 0 Å². The van der Waals surface area contributed by atoms with Crippen molar-refractivity contribution in [1.29, 1.82) is 0 Å². The first-order valence-corrected chi connectivity index (χ1v) is 10.5. The summed E-state index contributed by atoms with van der Waals surface area (Å²) in [5.41, 5.74) is 4.08. The Morgan fingerprint density at radius 3 is 2.52 bits per heavy atom. The first-order valence-electron chi connectivity index (χ1n) is 10.5. The molecule has 0 fully saturated rings. The number of methoxy groups -OCH3 is 2. The van der Waals surface area contributed by atoms with E-state index in [4.69, 9.17) is 9.47 Å². The van der Waals surface area contributed by atoms with Crippen molar-refractivity contribution in [1.82, 2.24) is 0 Å². The van der Waals surface area contributed by atoms with Crippen LogP contribution in [-0.4, -0.2) is 37.2 Å². The molecule has 3 rings (SSSR count). The molecule has 0 bridgehead atoms. The maximum atomic E-state index is 12.3. The zero-order valence-corrected chi connectivity index (χ0v) is 19.1. The average Bonchev–Trinajstić information content (AvgIpc) is 3.21. The number of nitrogens with one attached hydrogen (secondary N) is 1. The highest BCUT2D eigenvalue weighted by Crippen LogP contribution is 2.42. The second-order valence-electron chi connectivity index (χ2n) is 7.79. The highest BCUT2D eigenvalue weighted by molar-refractivity contribution is 5.98. The number of carbonyl (C=O) groups excluding carboxylic acids is 3. The van der Waals surface area contributed by atoms with E-state index in [2.05, 4.69) is 10.1 Å². The molecule has 1 aliphatic heterocycles. The van der Waals surface area contributed by atoms with Crippen LogP contribution in [0.2, 0.25) is 0 Å². The summed E-state index contributed by atoms with van der Waals surface area (Å²) < 4.78 is 15.2. The topological polar surface area (TPSA) is 111 Å². The third-order valence-electron chi connectivity index (χ3n) is 5.64. The fourth-order valence-corrected chi connectivity index (χ4v) is 3.75. The van der Waals surface area contributed by atoms with Crippen molar-refractivity contribution in [3.8, 4) is 11.5 Å². The van der Waals surface area contributed by atoms with Crippen LogP contribution in [0.5, 0.6) is 11.5 Å². The molecular weight excluding hydrogens is 426 g/mol. The quantitative estimate of drug-likeness (QED) is 0.458. The Balaban J connectivity index is 1.63. The lowest BCUT2D eigenvalue weighted by Crippen LogP contribution is -2.11. The van der Waals surface area contributed by atoms with Gasteiger partial charge in [-0.25, -0.2) is 9.59 Å². The second-order valence-corrected chi connectivity index (χ2v) is 7.79. The summed E-state index contributed by atoms with van der Waals surface area (Å²) in [5, 5.41) is 13.5. The molecule has 0 aromatic heterocycles. The van der Waals surface area contributed by atoms with Gasteiger partial charge in [-0.2, -0.15) is 0 Å². The molecule has 0 unspecified atom stereocenters. The SMILES string of the molecule is COC(=O)c1ccc(NC(=O)CCC(C)=CCc2c(O)c3c(c(C)c2OC)COC3=O)cc1. The molecule has 0 spiro atoms. The van der Waals surface area contributed by atoms with E-state index in [-0.39, 0.29) is 30.2 Å². The molecule has 2 N–H and O–H groups in total. The van der Waals surface area contributed by atoms with Gasteiger partial charge in [0.25, 0.3) is 0 Å². The van der Waals surface area contributed by atoms with Crippen LogP contribution in [0.25, 0.3) is 0 Å². The van der Waals surface area contributed by atoms with Gasteiger partial charge in [0.2, 0.25) is 5.91 Å². The molecule has 0 aliphatic carbocycles. The first kappa shape index (κ1) is 23.8. The number of hydrogen-bond acceptors (Lipinski definition) is 7. The normalized spacial score (nSPS) is 12.7. The van der Waals surface area contributed by atoms with Crippen molar-refractivity contribution in [2.45, 2.75) is 39.7 Å². The molecule has 2 aromatic carbocycles. The molecule has 174 valence electrons. The number of aromatic hydroxyl groups is 1. The first-order chi connectivity index (χ1) is 15.8. The summed E-state index contributed by atoms with van der Waals surface area (Å²) in [4.78, 5) is 35.8. The van der Waals surface area contributed by atoms with Crippen molar-refractivity contribution in [3.05, 3.63) is 63.7 Å². The van der Waals surface area contributed by atoms with Crippen LogP contribution < -0.4 is 10.1 Å². The average molecular weight is 453 g/mol. The largest absolute Gasteiger partial charge is 0.507 e. The van der Waals surface area contributed by atoms with Crippen molar-refractivity contribution < 1.29 is 33.7 Å². The third-order valence-corrected chi connectivity index (χ3v) is 5.64. The van der Waals surface area contributed by atoms with Gasteiger partial charge < -0.3 is 24.6 Å². The Labute approximate surface area is 192 Å². The zero-order chi connectivity index (χ0) is 24.1. The van der Waals surface area contributed by atoms with E-state index in [0.717, 1.165) is 11.1 Å². The molecule has 0 radical (unpaired) electrons. The summed E-state index contributed by atoms with van der Waals surface area (Å²) >= 11 is 0. The van der Waals surface area contributed by atoms with E-state index >= 15 is 0 Å². The summed E-state index contributed by atoms with van der Waals surface area (Å²) in [7, 11) is 2.83. The fraction of sp³-hybridized carbons (Fsp3) is 0.320. The predicted molar refractivity (Wildman–Crippen MR) is 122 cm³/mol. The number of ether oxygens (including phenoxy) is 3. The number of phenols is 1. The second kappa shape index (κ2) is 10.2. The number of cyclic esters (lactones) is 1. The Kier molecular flexibility index (Phi) is 7.37. The maximum absolute atomic E-state index is 12.3. The highest BCUT2D eigenvalue weighted by Gasteiger charge is 2.31. The van der Waals surface area contributed by atoms with Crippen molar-refractivity contribution in [2.75, 3.05) is 19.5 Å². The Morgan fingerprint density at radius 1 is 1.18 bits per heavy atom. The van der Waals surface area contributed by atoms with Crippen molar-refractivity contribution in [3.63, 3.8) is 0 Å². The van der Waals surface area contributed by atoms with Gasteiger partial charge in [-0.3, -0.25) is 4.79 Å². The van der Waals surface area contributed by atoms with Gasteiger partial charge >= 0.3 is 11.9 Å². The number of benzene rings is 2. The van der Waals surface area contributed by atoms with Gasteiger partial charge in [0.05, 0.1) is 19.8 Å². The molecule has 0 saturated carbocycles. The van der Waals surface area contributed by atoms with E-state index in [9.17, 15) is 19.5 Å². The molecule has 8 nitrogen and oxygen atoms in total. The summed E-state index contributed by atoms with van der Waals surface area (Å²) in [6, 6.07) is 6.45. The van der Waals surface area contributed by atoms with Crippen LogP contribution in [0.15, 0.2) is 35.9 Å². The smallest absolute Gasteiger partial charge is 0.342 e. The minimum Gasteiger partial charge on any atom is -0.507 e. The molecule has 1 heterocycles. The molecule has 33 heavy (non-hydrogen) atoms. The van der Waals surface area contributed by atoms with Gasteiger partial charge in [0.15, 0.2) is 0 Å². The van der Waals surface area contributed by atoms with E-state index < -0.39 is 11.9 Å². The van der Waals surface area contributed by atoms with Gasteiger partial charge in [0, 0.05) is 23.2 Å². The minimum absolute atomic E-state index is 0.118.